The summed E-state index contributed by atoms with van der Waals surface area (Å²) >= 11 is 0. The summed E-state index contributed by atoms with van der Waals surface area (Å²) in [5.41, 5.74) is 2.22. The smallest absolute Gasteiger partial charge is 0.208 e. The molecule has 0 fully saturated rings. The predicted molar refractivity (Wildman–Crippen MR) is 99.0 cm³/mol. The van der Waals surface area contributed by atoms with E-state index in [0.717, 1.165) is 5.56 Å². The van der Waals surface area contributed by atoms with E-state index in [4.69, 9.17) is 9.47 Å². The molecule has 27 heavy (non-hydrogen) atoms. The lowest BCUT2D eigenvalue weighted by atomic mass is 10.1. The van der Waals surface area contributed by atoms with Crippen molar-refractivity contribution in [2.75, 3.05) is 14.2 Å². The Kier molecular flexibility index (Phi) is 5.30. The zero-order valence-electron chi connectivity index (χ0n) is 15.1. The van der Waals surface area contributed by atoms with Crippen LogP contribution in [0.3, 0.4) is 0 Å². The molecule has 0 spiro atoms. The maximum Gasteiger partial charge on any atom is 0.208 e. The highest BCUT2D eigenvalue weighted by Gasteiger charge is 2.15. The second-order valence-electron chi connectivity index (χ2n) is 5.72. The normalized spacial score (nSPS) is 11.0. The summed E-state index contributed by atoms with van der Waals surface area (Å²) < 4.78 is 25.0. The van der Waals surface area contributed by atoms with Crippen molar-refractivity contribution in [3.63, 3.8) is 0 Å². The summed E-state index contributed by atoms with van der Waals surface area (Å²) in [6, 6.07) is 11.1. The van der Waals surface area contributed by atoms with Gasteiger partial charge in [-0.2, -0.15) is 0 Å². The van der Waals surface area contributed by atoms with Crippen molar-refractivity contribution in [1.29, 1.82) is 0 Å². The zero-order valence-corrected chi connectivity index (χ0v) is 15.1. The van der Waals surface area contributed by atoms with E-state index in [1.54, 1.807) is 51.5 Å². The van der Waals surface area contributed by atoms with E-state index < -0.39 is 0 Å². The molecule has 0 aliphatic heterocycles. The van der Waals surface area contributed by atoms with Crippen LogP contribution in [0.15, 0.2) is 48.5 Å². The summed E-state index contributed by atoms with van der Waals surface area (Å²) in [4.78, 5) is 12.5. The molecule has 0 unspecified atom stereocenters. The molecule has 3 rings (SSSR count). The highest BCUT2D eigenvalue weighted by Crippen LogP contribution is 2.28. The molecule has 1 aromatic heterocycles. The number of methoxy groups -OCH3 is 2. The molecular weight excluding hydrogens is 349 g/mol. The molecular formula is C20H18FN3O3. The van der Waals surface area contributed by atoms with Crippen LogP contribution in [0, 0.1) is 12.7 Å². The molecule has 0 aliphatic rings. The first-order valence-corrected chi connectivity index (χ1v) is 8.16. The van der Waals surface area contributed by atoms with Crippen molar-refractivity contribution in [3.8, 4) is 17.2 Å². The van der Waals surface area contributed by atoms with Crippen molar-refractivity contribution >= 4 is 11.9 Å². The Morgan fingerprint density at radius 2 is 1.78 bits per heavy atom. The van der Waals surface area contributed by atoms with E-state index in [1.807, 2.05) is 6.07 Å². The molecule has 2 aromatic carbocycles. The molecule has 0 aliphatic carbocycles. The molecule has 0 N–H and O–H groups in total. The Morgan fingerprint density at radius 3 is 2.44 bits per heavy atom. The fourth-order valence-electron chi connectivity index (χ4n) is 2.59. The van der Waals surface area contributed by atoms with Gasteiger partial charge in [0.25, 0.3) is 0 Å². The van der Waals surface area contributed by atoms with Crippen LogP contribution in [-0.4, -0.2) is 35.0 Å². The average molecular weight is 367 g/mol. The summed E-state index contributed by atoms with van der Waals surface area (Å²) in [5, 5.41) is 7.96. The Bertz CT molecular complexity index is 994. The largest absolute Gasteiger partial charge is 0.493 e. The summed E-state index contributed by atoms with van der Waals surface area (Å²) in [6.45, 7) is 1.74. The van der Waals surface area contributed by atoms with Crippen LogP contribution in [0.25, 0.3) is 11.8 Å². The monoisotopic (exact) mass is 367 g/mol. The van der Waals surface area contributed by atoms with Gasteiger partial charge in [0.2, 0.25) is 5.78 Å². The predicted octanol–water partition coefficient (Wildman–Crippen LogP) is 3.63. The van der Waals surface area contributed by atoms with Crippen molar-refractivity contribution in [1.82, 2.24) is 15.0 Å². The van der Waals surface area contributed by atoms with E-state index in [0.29, 0.717) is 22.9 Å². The van der Waals surface area contributed by atoms with Gasteiger partial charge in [-0.25, -0.2) is 9.07 Å². The number of hydrogen-bond donors (Lipinski definition) is 0. The summed E-state index contributed by atoms with van der Waals surface area (Å²) in [7, 11) is 3.11. The van der Waals surface area contributed by atoms with Gasteiger partial charge < -0.3 is 9.47 Å². The van der Waals surface area contributed by atoms with Crippen LogP contribution in [0.1, 0.15) is 21.7 Å². The van der Waals surface area contributed by atoms with Crippen molar-refractivity contribution in [3.05, 3.63) is 71.3 Å². The third-order valence-corrected chi connectivity index (χ3v) is 4.03. The Labute approximate surface area is 155 Å². The first kappa shape index (κ1) is 18.3. The van der Waals surface area contributed by atoms with Crippen molar-refractivity contribution < 1.29 is 18.7 Å². The van der Waals surface area contributed by atoms with Gasteiger partial charge >= 0.3 is 0 Å². The molecule has 0 saturated heterocycles. The van der Waals surface area contributed by atoms with Gasteiger partial charge in [0, 0.05) is 0 Å². The number of allylic oxidation sites excluding steroid dienone is 1. The van der Waals surface area contributed by atoms with Gasteiger partial charge in [0.05, 0.1) is 25.6 Å². The number of carbonyl (C=O) groups excluding carboxylic acids is 1. The van der Waals surface area contributed by atoms with E-state index in [2.05, 4.69) is 10.3 Å². The second-order valence-corrected chi connectivity index (χ2v) is 5.72. The fourth-order valence-corrected chi connectivity index (χ4v) is 2.59. The van der Waals surface area contributed by atoms with Crippen molar-refractivity contribution in [2.45, 2.75) is 6.92 Å². The van der Waals surface area contributed by atoms with Crippen LogP contribution in [0.5, 0.6) is 11.5 Å². The zero-order chi connectivity index (χ0) is 19.4. The van der Waals surface area contributed by atoms with Crippen LogP contribution in [0.4, 0.5) is 4.39 Å². The van der Waals surface area contributed by atoms with Gasteiger partial charge in [-0.3, -0.25) is 4.79 Å². The minimum absolute atomic E-state index is 0.232. The number of ketones is 1. The quantitative estimate of drug-likeness (QED) is 0.492. The highest BCUT2D eigenvalue weighted by molar-refractivity contribution is 6.06. The Morgan fingerprint density at radius 1 is 1.07 bits per heavy atom. The second kappa shape index (κ2) is 7.82. The number of hydrogen-bond acceptors (Lipinski definition) is 5. The molecule has 0 bridgehead atoms. The third-order valence-electron chi connectivity index (χ3n) is 4.03. The van der Waals surface area contributed by atoms with Crippen LogP contribution in [-0.2, 0) is 0 Å². The lowest BCUT2D eigenvalue weighted by Crippen LogP contribution is -2.02. The van der Waals surface area contributed by atoms with Crippen LogP contribution < -0.4 is 9.47 Å². The van der Waals surface area contributed by atoms with E-state index in [9.17, 15) is 9.18 Å². The molecule has 6 nitrogen and oxygen atoms in total. The SMILES string of the molecule is COc1ccc(/C=C/C(=O)c2nnn(-c3ccc(F)cc3)c2C)cc1OC. The highest BCUT2D eigenvalue weighted by atomic mass is 19.1. The molecule has 7 heteroatoms. The molecule has 1 heterocycles. The lowest BCUT2D eigenvalue weighted by molar-refractivity contribution is 0.104. The van der Waals surface area contributed by atoms with E-state index in [1.165, 1.54) is 22.9 Å². The molecule has 0 atom stereocenters. The van der Waals surface area contributed by atoms with Crippen LogP contribution in [0.2, 0.25) is 0 Å². The maximum atomic E-state index is 13.1. The number of ether oxygens (including phenoxy) is 2. The number of rotatable bonds is 6. The fraction of sp³-hybridized carbons (Fsp3) is 0.150. The number of carbonyl (C=O) groups is 1. The molecule has 138 valence electrons. The number of halogens is 1. The van der Waals surface area contributed by atoms with Gasteiger partial charge in [0.1, 0.15) is 5.82 Å². The van der Waals surface area contributed by atoms with Gasteiger partial charge in [-0.1, -0.05) is 17.4 Å². The van der Waals surface area contributed by atoms with Gasteiger partial charge in [0.15, 0.2) is 17.2 Å². The molecule has 0 amide bonds. The van der Waals surface area contributed by atoms with Crippen molar-refractivity contribution in [2.24, 2.45) is 0 Å². The minimum Gasteiger partial charge on any atom is -0.493 e. The van der Waals surface area contributed by atoms with E-state index in [-0.39, 0.29) is 17.3 Å². The number of nitrogens with zero attached hydrogens (tertiary/aromatic N) is 3. The summed E-state index contributed by atoms with van der Waals surface area (Å²) in [6.07, 6.45) is 3.09. The first-order chi connectivity index (χ1) is 13.0. The summed E-state index contributed by atoms with van der Waals surface area (Å²) in [5.74, 6) is 0.561. The molecule has 3 aromatic rings. The maximum absolute atomic E-state index is 13.1. The third kappa shape index (κ3) is 3.87. The Balaban J connectivity index is 1.83. The van der Waals surface area contributed by atoms with Gasteiger partial charge in [-0.05, 0) is 55.0 Å². The molecule has 0 saturated carbocycles. The topological polar surface area (TPSA) is 66.2 Å². The van der Waals surface area contributed by atoms with Crippen LogP contribution >= 0.6 is 0 Å². The average Bonchev–Trinajstić information content (AvgIpc) is 3.08. The lowest BCUT2D eigenvalue weighted by Gasteiger charge is -2.07. The standard InChI is InChI=1S/C20H18FN3O3/c1-13-20(22-23-24(13)16-8-6-15(21)7-9-16)17(25)10-4-14-5-11-18(26-2)19(12-14)27-3/h4-12H,1-3H3/b10-4+. The number of benzene rings is 2. The Hall–Kier alpha value is -3.48. The molecule has 0 radical (unpaired) electrons. The first-order valence-electron chi connectivity index (χ1n) is 8.16. The minimum atomic E-state index is -0.342. The number of aromatic nitrogens is 3. The van der Waals surface area contributed by atoms with Gasteiger partial charge in [-0.15, -0.1) is 5.10 Å². The van der Waals surface area contributed by atoms with E-state index >= 15 is 0 Å².